The van der Waals surface area contributed by atoms with Crippen molar-refractivity contribution in [3.05, 3.63) is 22.4 Å². The predicted octanol–water partition coefficient (Wildman–Crippen LogP) is 4.15. The van der Waals surface area contributed by atoms with Crippen LogP contribution in [0.5, 0.6) is 0 Å². The van der Waals surface area contributed by atoms with E-state index in [0.717, 1.165) is 4.88 Å². The first-order valence-corrected chi connectivity index (χ1v) is 7.57. The van der Waals surface area contributed by atoms with Gasteiger partial charge in [-0.25, -0.2) is 0 Å². The van der Waals surface area contributed by atoms with Gasteiger partial charge in [0.15, 0.2) is 0 Å². The highest BCUT2D eigenvalue weighted by molar-refractivity contribution is 7.10. The predicted molar refractivity (Wildman–Crippen MR) is 77.2 cm³/mol. The van der Waals surface area contributed by atoms with Gasteiger partial charge in [-0.05, 0) is 23.3 Å². The standard InChI is InChI=1S/C13H17Cl2NOS/c1-12(2,3)10(9-5-4-6-18-9)16-11(17)8-7-13(8,14)15/h4-6,8,10H,7H2,1-3H3,(H,16,17). The number of amides is 1. The van der Waals surface area contributed by atoms with Gasteiger partial charge in [0.25, 0.3) is 0 Å². The van der Waals surface area contributed by atoms with Gasteiger partial charge in [0, 0.05) is 4.88 Å². The van der Waals surface area contributed by atoms with Crippen molar-refractivity contribution in [2.45, 2.75) is 37.6 Å². The molecule has 2 rings (SSSR count). The zero-order valence-electron chi connectivity index (χ0n) is 10.7. The average Bonchev–Trinajstić information content (AvgIpc) is 2.66. The molecule has 1 aliphatic carbocycles. The molecule has 0 bridgehead atoms. The molecule has 2 nitrogen and oxygen atoms in total. The van der Waals surface area contributed by atoms with Crippen molar-refractivity contribution in [1.82, 2.24) is 5.32 Å². The van der Waals surface area contributed by atoms with Gasteiger partial charge in [0.2, 0.25) is 5.91 Å². The van der Waals surface area contributed by atoms with Crippen LogP contribution in [0, 0.1) is 11.3 Å². The van der Waals surface area contributed by atoms with Gasteiger partial charge in [0.1, 0.15) is 4.33 Å². The fourth-order valence-electron chi connectivity index (χ4n) is 1.91. The van der Waals surface area contributed by atoms with Crippen molar-refractivity contribution < 1.29 is 4.79 Å². The summed E-state index contributed by atoms with van der Waals surface area (Å²) in [6, 6.07) is 4.03. The Bertz CT molecular complexity index is 436. The quantitative estimate of drug-likeness (QED) is 0.835. The second-order valence-corrected chi connectivity index (χ2v) is 8.36. The third-order valence-electron chi connectivity index (χ3n) is 3.12. The summed E-state index contributed by atoms with van der Waals surface area (Å²) in [5.41, 5.74) is -0.0450. The van der Waals surface area contributed by atoms with Crippen LogP contribution in [0.15, 0.2) is 17.5 Å². The SMILES string of the molecule is CC(C)(C)C(NC(=O)C1CC1(Cl)Cl)c1cccs1. The fourth-order valence-corrected chi connectivity index (χ4v) is 3.44. The number of hydrogen-bond donors (Lipinski definition) is 1. The number of hydrogen-bond acceptors (Lipinski definition) is 2. The number of halogens is 2. The van der Waals surface area contributed by atoms with Crippen LogP contribution in [0.3, 0.4) is 0 Å². The summed E-state index contributed by atoms with van der Waals surface area (Å²) in [5.74, 6) is -0.320. The van der Waals surface area contributed by atoms with Gasteiger partial charge >= 0.3 is 0 Å². The lowest BCUT2D eigenvalue weighted by Crippen LogP contribution is -2.37. The molecule has 1 amide bonds. The van der Waals surface area contributed by atoms with Crippen LogP contribution in [0.2, 0.25) is 0 Å². The van der Waals surface area contributed by atoms with Crippen LogP contribution < -0.4 is 5.32 Å². The lowest BCUT2D eigenvalue weighted by Gasteiger charge is -2.31. The number of carbonyl (C=O) groups is 1. The Hall–Kier alpha value is -0.250. The van der Waals surface area contributed by atoms with E-state index in [-0.39, 0.29) is 23.3 Å². The van der Waals surface area contributed by atoms with Crippen molar-refractivity contribution in [2.24, 2.45) is 11.3 Å². The summed E-state index contributed by atoms with van der Waals surface area (Å²) < 4.78 is -0.859. The molecule has 2 unspecified atom stereocenters. The number of carbonyl (C=O) groups excluding carboxylic acids is 1. The lowest BCUT2D eigenvalue weighted by molar-refractivity contribution is -0.123. The molecule has 1 N–H and O–H groups in total. The fraction of sp³-hybridized carbons (Fsp3) is 0.615. The molecule has 0 radical (unpaired) electrons. The largest absolute Gasteiger partial charge is 0.348 e. The Balaban J connectivity index is 2.10. The highest BCUT2D eigenvalue weighted by Crippen LogP contribution is 2.53. The molecule has 1 aromatic rings. The normalized spacial score (nSPS) is 23.5. The molecule has 2 atom stereocenters. The Kier molecular flexibility index (Phi) is 3.69. The molecule has 0 spiro atoms. The lowest BCUT2D eigenvalue weighted by atomic mass is 9.85. The van der Waals surface area contributed by atoms with Gasteiger partial charge in [0.05, 0.1) is 12.0 Å². The number of alkyl halides is 2. The number of rotatable bonds is 3. The van der Waals surface area contributed by atoms with E-state index in [0.29, 0.717) is 6.42 Å². The summed E-state index contributed by atoms with van der Waals surface area (Å²) in [4.78, 5) is 13.3. The third-order valence-corrected chi connectivity index (χ3v) is 4.90. The molecule has 1 fully saturated rings. The van der Waals surface area contributed by atoms with E-state index >= 15 is 0 Å². The maximum absolute atomic E-state index is 12.1. The summed E-state index contributed by atoms with van der Waals surface area (Å²) in [6.07, 6.45) is 0.545. The first kappa shape index (κ1) is 14.2. The van der Waals surface area contributed by atoms with E-state index in [1.165, 1.54) is 0 Å². The molecule has 0 aliphatic heterocycles. The van der Waals surface area contributed by atoms with Crippen LogP contribution in [0.4, 0.5) is 0 Å². The third kappa shape index (κ3) is 3.01. The molecule has 5 heteroatoms. The Morgan fingerprint density at radius 1 is 1.56 bits per heavy atom. The minimum atomic E-state index is -0.859. The van der Waals surface area contributed by atoms with Crippen molar-refractivity contribution in [2.75, 3.05) is 0 Å². The topological polar surface area (TPSA) is 29.1 Å². The molecule has 1 aliphatic rings. The van der Waals surface area contributed by atoms with E-state index in [9.17, 15) is 4.79 Å². The van der Waals surface area contributed by atoms with Crippen molar-refractivity contribution in [3.8, 4) is 0 Å². The summed E-state index contributed by atoms with van der Waals surface area (Å²) in [5, 5.41) is 5.10. The van der Waals surface area contributed by atoms with Crippen LogP contribution in [-0.2, 0) is 4.79 Å². The summed E-state index contributed by atoms with van der Waals surface area (Å²) >= 11 is 13.5. The van der Waals surface area contributed by atoms with E-state index in [4.69, 9.17) is 23.2 Å². The van der Waals surface area contributed by atoms with Gasteiger partial charge in [-0.15, -0.1) is 34.5 Å². The first-order valence-electron chi connectivity index (χ1n) is 5.93. The summed E-state index contributed by atoms with van der Waals surface area (Å²) in [6.45, 7) is 6.33. The molecule has 1 aromatic heterocycles. The smallest absolute Gasteiger partial charge is 0.226 e. The molecular formula is C13H17Cl2NOS. The van der Waals surface area contributed by atoms with Crippen molar-refractivity contribution >= 4 is 40.4 Å². The molecular weight excluding hydrogens is 289 g/mol. The first-order chi connectivity index (χ1) is 8.22. The van der Waals surface area contributed by atoms with Gasteiger partial charge in [-0.1, -0.05) is 26.8 Å². The highest BCUT2D eigenvalue weighted by atomic mass is 35.5. The average molecular weight is 306 g/mol. The van der Waals surface area contributed by atoms with Crippen LogP contribution in [0.25, 0.3) is 0 Å². The maximum atomic E-state index is 12.1. The van der Waals surface area contributed by atoms with E-state index in [1.807, 2.05) is 17.5 Å². The zero-order chi connectivity index (χ0) is 13.6. The Labute approximate surface area is 122 Å². The zero-order valence-corrected chi connectivity index (χ0v) is 13.0. The minimum Gasteiger partial charge on any atom is -0.348 e. The van der Waals surface area contributed by atoms with Crippen molar-refractivity contribution in [3.63, 3.8) is 0 Å². The van der Waals surface area contributed by atoms with Gasteiger partial charge in [-0.3, -0.25) is 4.79 Å². The molecule has 0 aromatic carbocycles. The highest BCUT2D eigenvalue weighted by Gasteiger charge is 2.56. The summed E-state index contributed by atoms with van der Waals surface area (Å²) in [7, 11) is 0. The Morgan fingerprint density at radius 2 is 2.17 bits per heavy atom. The van der Waals surface area contributed by atoms with Crippen LogP contribution in [-0.4, -0.2) is 10.2 Å². The van der Waals surface area contributed by atoms with Crippen LogP contribution in [0.1, 0.15) is 38.1 Å². The van der Waals surface area contributed by atoms with Crippen molar-refractivity contribution in [1.29, 1.82) is 0 Å². The molecule has 100 valence electrons. The minimum absolute atomic E-state index is 0.00488. The Morgan fingerprint density at radius 3 is 2.56 bits per heavy atom. The van der Waals surface area contributed by atoms with Crippen LogP contribution >= 0.6 is 34.5 Å². The molecule has 1 saturated carbocycles. The maximum Gasteiger partial charge on any atom is 0.226 e. The monoisotopic (exact) mass is 305 g/mol. The molecule has 1 heterocycles. The van der Waals surface area contributed by atoms with E-state index < -0.39 is 4.33 Å². The molecule has 18 heavy (non-hydrogen) atoms. The number of nitrogens with one attached hydrogen (secondary N) is 1. The second-order valence-electron chi connectivity index (χ2n) is 5.84. The van der Waals surface area contributed by atoms with E-state index in [2.05, 4.69) is 26.1 Å². The van der Waals surface area contributed by atoms with Gasteiger partial charge < -0.3 is 5.32 Å². The van der Waals surface area contributed by atoms with E-state index in [1.54, 1.807) is 11.3 Å². The number of thiophene rings is 1. The second kappa shape index (κ2) is 4.69. The molecule has 0 saturated heterocycles. The van der Waals surface area contributed by atoms with Gasteiger partial charge in [-0.2, -0.15) is 0 Å².